The molecule has 1 heterocycles. The Balaban J connectivity index is 1.88. The van der Waals surface area contributed by atoms with Gasteiger partial charge in [0.05, 0.1) is 0 Å². The van der Waals surface area contributed by atoms with E-state index < -0.39 is 0 Å². The minimum absolute atomic E-state index is 0.226. The number of carbonyl (C=O) groups excluding carboxylic acids is 1. The highest BCUT2D eigenvalue weighted by molar-refractivity contribution is 9.10. The Morgan fingerprint density at radius 2 is 2.33 bits per heavy atom. The summed E-state index contributed by atoms with van der Waals surface area (Å²) >= 11 is 9.61. The second-order valence-corrected chi connectivity index (χ2v) is 7.38. The highest BCUT2D eigenvalue weighted by atomic mass is 79.9. The normalized spacial score (nSPS) is 18.5. The summed E-state index contributed by atoms with van der Waals surface area (Å²) in [6, 6.07) is 5.81. The van der Waals surface area contributed by atoms with Crippen molar-refractivity contribution in [2.24, 2.45) is 16.6 Å². The summed E-state index contributed by atoms with van der Waals surface area (Å²) in [6.07, 6.45) is 3.39. The number of nitrogens with zero attached hydrogens (tertiary/aromatic N) is 2. The third-order valence-electron chi connectivity index (χ3n) is 4.21. The fraction of sp³-hybridized carbons (Fsp3) is 0.529. The van der Waals surface area contributed by atoms with Crippen LogP contribution in [0, 0.1) is 5.92 Å². The molecule has 0 radical (unpaired) electrons. The number of likely N-dealkylation sites (tertiary alicyclic amines) is 1. The molecule has 5 nitrogen and oxygen atoms in total. The van der Waals surface area contributed by atoms with Gasteiger partial charge in [-0.15, -0.1) is 0 Å². The molecule has 1 aromatic carbocycles. The molecule has 2 rings (SSSR count). The number of primary amides is 1. The molecule has 1 aliphatic heterocycles. The van der Waals surface area contributed by atoms with E-state index in [9.17, 15) is 4.79 Å². The van der Waals surface area contributed by atoms with Crippen LogP contribution in [-0.4, -0.2) is 43.4 Å². The number of hydrogen-bond donors (Lipinski definition) is 2. The summed E-state index contributed by atoms with van der Waals surface area (Å²) in [5.74, 6) is 0.967. The topological polar surface area (TPSA) is 70.7 Å². The van der Waals surface area contributed by atoms with E-state index in [1.807, 2.05) is 18.2 Å². The van der Waals surface area contributed by atoms with Crippen molar-refractivity contribution in [2.45, 2.75) is 25.7 Å². The van der Waals surface area contributed by atoms with Gasteiger partial charge in [-0.25, -0.2) is 0 Å². The number of halogens is 2. The van der Waals surface area contributed by atoms with E-state index in [1.165, 1.54) is 0 Å². The number of guanidine groups is 1. The summed E-state index contributed by atoms with van der Waals surface area (Å²) in [5.41, 5.74) is 6.49. The van der Waals surface area contributed by atoms with Crippen molar-refractivity contribution in [3.8, 4) is 0 Å². The Morgan fingerprint density at radius 3 is 3.04 bits per heavy atom. The van der Waals surface area contributed by atoms with Crippen LogP contribution in [-0.2, 0) is 11.2 Å². The monoisotopic (exact) mass is 414 g/mol. The maximum Gasteiger partial charge on any atom is 0.217 e. The molecular formula is C17H24BrClN4O. The van der Waals surface area contributed by atoms with Gasteiger partial charge >= 0.3 is 0 Å². The minimum Gasteiger partial charge on any atom is -0.370 e. The van der Waals surface area contributed by atoms with Gasteiger partial charge in [-0.3, -0.25) is 9.79 Å². The molecule has 1 amide bonds. The van der Waals surface area contributed by atoms with Gasteiger partial charge in [0.15, 0.2) is 5.96 Å². The van der Waals surface area contributed by atoms with E-state index in [-0.39, 0.29) is 5.91 Å². The van der Waals surface area contributed by atoms with Crippen LogP contribution in [0.4, 0.5) is 0 Å². The van der Waals surface area contributed by atoms with E-state index in [2.05, 4.69) is 31.1 Å². The fourth-order valence-electron chi connectivity index (χ4n) is 3.08. The number of piperidine rings is 1. The number of carbonyl (C=O) groups is 1. The fourth-order valence-corrected chi connectivity index (χ4v) is 3.72. The quantitative estimate of drug-likeness (QED) is 0.574. The molecule has 1 aliphatic rings. The molecule has 1 saturated heterocycles. The molecule has 3 N–H and O–H groups in total. The molecule has 0 bridgehead atoms. The van der Waals surface area contributed by atoms with Gasteiger partial charge in [0.25, 0.3) is 0 Å². The Bertz CT molecular complexity index is 608. The Hall–Kier alpha value is -1.27. The SMILES string of the molecule is CN=C(NCCc1cc(Cl)ccc1Br)N1CCCC(CC(N)=O)C1. The zero-order valence-corrected chi connectivity index (χ0v) is 16.2. The van der Waals surface area contributed by atoms with Crippen molar-refractivity contribution < 1.29 is 4.79 Å². The lowest BCUT2D eigenvalue weighted by atomic mass is 9.95. The molecule has 1 fully saturated rings. The largest absolute Gasteiger partial charge is 0.370 e. The van der Waals surface area contributed by atoms with Gasteiger partial charge in [0.1, 0.15) is 0 Å². The predicted octanol–water partition coefficient (Wildman–Crippen LogP) is 2.81. The first-order valence-corrected chi connectivity index (χ1v) is 9.34. The van der Waals surface area contributed by atoms with Crippen LogP contribution in [0.1, 0.15) is 24.8 Å². The van der Waals surface area contributed by atoms with Gasteiger partial charge < -0.3 is 16.0 Å². The summed E-state index contributed by atoms with van der Waals surface area (Å²) < 4.78 is 1.06. The van der Waals surface area contributed by atoms with Gasteiger partial charge in [0.2, 0.25) is 5.91 Å². The van der Waals surface area contributed by atoms with Gasteiger partial charge in [0, 0.05) is 42.6 Å². The van der Waals surface area contributed by atoms with Crippen LogP contribution in [0.2, 0.25) is 5.02 Å². The maximum absolute atomic E-state index is 11.1. The van der Waals surface area contributed by atoms with Gasteiger partial charge in [-0.05, 0) is 48.9 Å². The maximum atomic E-state index is 11.1. The molecule has 7 heteroatoms. The summed E-state index contributed by atoms with van der Waals surface area (Å²) in [6.45, 7) is 2.54. The molecule has 0 aliphatic carbocycles. The van der Waals surface area contributed by atoms with E-state index >= 15 is 0 Å². The number of rotatable bonds is 5. The lowest BCUT2D eigenvalue weighted by Gasteiger charge is -2.34. The van der Waals surface area contributed by atoms with Crippen molar-refractivity contribution in [3.63, 3.8) is 0 Å². The number of benzene rings is 1. The average Bonchev–Trinajstić information content (AvgIpc) is 2.54. The smallest absolute Gasteiger partial charge is 0.217 e. The molecule has 0 spiro atoms. The second-order valence-electron chi connectivity index (χ2n) is 6.08. The molecule has 0 aromatic heterocycles. The third-order valence-corrected chi connectivity index (χ3v) is 5.21. The molecular weight excluding hydrogens is 392 g/mol. The summed E-state index contributed by atoms with van der Waals surface area (Å²) in [5, 5.41) is 4.14. The predicted molar refractivity (Wildman–Crippen MR) is 102 cm³/mol. The van der Waals surface area contributed by atoms with Crippen LogP contribution in [0.3, 0.4) is 0 Å². The van der Waals surface area contributed by atoms with Crippen LogP contribution in [0.5, 0.6) is 0 Å². The first kappa shape index (κ1) is 19.1. The molecule has 132 valence electrons. The number of nitrogens with two attached hydrogens (primary N) is 1. The molecule has 1 unspecified atom stereocenters. The van der Waals surface area contributed by atoms with E-state index in [1.54, 1.807) is 7.05 Å². The van der Waals surface area contributed by atoms with Crippen molar-refractivity contribution in [1.82, 2.24) is 10.2 Å². The third kappa shape index (κ3) is 5.67. The Morgan fingerprint density at radius 1 is 1.54 bits per heavy atom. The Labute approximate surface area is 156 Å². The zero-order valence-electron chi connectivity index (χ0n) is 13.9. The zero-order chi connectivity index (χ0) is 17.5. The van der Waals surface area contributed by atoms with Crippen LogP contribution in [0.15, 0.2) is 27.7 Å². The lowest BCUT2D eigenvalue weighted by molar-refractivity contribution is -0.119. The Kier molecular flexibility index (Phi) is 7.37. The number of amides is 1. The second kappa shape index (κ2) is 9.28. The lowest BCUT2D eigenvalue weighted by Crippen LogP contribution is -2.47. The van der Waals surface area contributed by atoms with Gasteiger partial charge in [-0.1, -0.05) is 27.5 Å². The van der Waals surface area contributed by atoms with Crippen LogP contribution in [0.25, 0.3) is 0 Å². The van der Waals surface area contributed by atoms with Crippen molar-refractivity contribution in [1.29, 1.82) is 0 Å². The first-order chi connectivity index (χ1) is 11.5. The first-order valence-electron chi connectivity index (χ1n) is 8.17. The van der Waals surface area contributed by atoms with Crippen molar-refractivity contribution in [2.75, 3.05) is 26.7 Å². The molecule has 1 aromatic rings. The minimum atomic E-state index is -0.226. The van der Waals surface area contributed by atoms with Crippen molar-refractivity contribution >= 4 is 39.4 Å². The number of hydrogen-bond acceptors (Lipinski definition) is 2. The highest BCUT2D eigenvalue weighted by Crippen LogP contribution is 2.22. The van der Waals surface area contributed by atoms with E-state index in [0.29, 0.717) is 12.3 Å². The average molecular weight is 416 g/mol. The van der Waals surface area contributed by atoms with Crippen LogP contribution < -0.4 is 11.1 Å². The van der Waals surface area contributed by atoms with Gasteiger partial charge in [-0.2, -0.15) is 0 Å². The standard InChI is InChI=1S/C17H24BrClN4O/c1-21-17(23-8-2-3-12(11-23)9-16(20)24)22-7-6-13-10-14(19)4-5-15(13)18/h4-5,10,12H,2-3,6-9,11H2,1H3,(H2,20,24)(H,21,22). The summed E-state index contributed by atoms with van der Waals surface area (Å²) in [7, 11) is 1.79. The molecule has 1 atom stereocenters. The van der Waals surface area contributed by atoms with E-state index in [4.69, 9.17) is 17.3 Å². The highest BCUT2D eigenvalue weighted by Gasteiger charge is 2.23. The number of nitrogens with one attached hydrogen (secondary N) is 1. The van der Waals surface area contributed by atoms with Crippen molar-refractivity contribution in [3.05, 3.63) is 33.3 Å². The molecule has 0 saturated carbocycles. The van der Waals surface area contributed by atoms with Crippen LogP contribution >= 0.6 is 27.5 Å². The summed E-state index contributed by atoms with van der Waals surface area (Å²) in [4.78, 5) is 17.7. The van der Waals surface area contributed by atoms with E-state index in [0.717, 1.165) is 59.9 Å². The molecule has 24 heavy (non-hydrogen) atoms. The number of aliphatic imine (C=N–C) groups is 1.